The predicted molar refractivity (Wildman–Crippen MR) is 222 cm³/mol. The van der Waals surface area contributed by atoms with Crippen molar-refractivity contribution in [1.82, 2.24) is 14.5 Å². The monoisotopic (exact) mass is 689 g/mol. The average molecular weight is 690 g/mol. The van der Waals surface area contributed by atoms with Gasteiger partial charge in [0.05, 0.1) is 16.7 Å². The van der Waals surface area contributed by atoms with Gasteiger partial charge in [-0.25, -0.2) is 0 Å². The molecule has 0 saturated heterocycles. The third-order valence-corrected chi connectivity index (χ3v) is 15.8. The van der Waals surface area contributed by atoms with E-state index in [1.807, 2.05) is 24.5 Å². The van der Waals surface area contributed by atoms with Gasteiger partial charge in [-0.3, -0.25) is 9.97 Å². The highest BCUT2D eigenvalue weighted by atomic mass is 28.3. The van der Waals surface area contributed by atoms with Crippen LogP contribution < -0.4 is 20.9 Å². The Morgan fingerprint density at radius 3 is 1.77 bits per heavy atom. The molecular weight excluding hydrogens is 647 g/mol. The molecule has 8 aromatic rings. The van der Waals surface area contributed by atoms with Crippen LogP contribution in [0.1, 0.15) is 52.7 Å². The number of fused-ring (bicyclic) bond motifs is 6. The van der Waals surface area contributed by atoms with E-state index in [9.17, 15) is 0 Å². The van der Waals surface area contributed by atoms with Gasteiger partial charge in [0.25, 0.3) is 0 Å². The summed E-state index contributed by atoms with van der Waals surface area (Å²) in [6, 6.07) is 52.1. The Morgan fingerprint density at radius 1 is 0.500 bits per heavy atom. The molecule has 0 unspecified atom stereocenters. The second kappa shape index (κ2) is 11.7. The van der Waals surface area contributed by atoms with Crippen LogP contribution in [-0.4, -0.2) is 22.6 Å². The lowest BCUT2D eigenvalue weighted by molar-refractivity contribution is 0.589. The fourth-order valence-electron chi connectivity index (χ4n) is 8.41. The first kappa shape index (κ1) is 32.3. The average Bonchev–Trinajstić information content (AvgIpc) is 3.65. The van der Waals surface area contributed by atoms with Gasteiger partial charge in [-0.05, 0) is 97.2 Å². The Labute approximate surface area is 307 Å². The minimum atomic E-state index is -2.88. The van der Waals surface area contributed by atoms with Crippen molar-refractivity contribution >= 4 is 50.8 Å². The number of benzene rings is 5. The lowest BCUT2D eigenvalue weighted by Crippen LogP contribution is -2.73. The first-order valence-electron chi connectivity index (χ1n) is 18.3. The number of pyridine rings is 2. The predicted octanol–water partition coefficient (Wildman–Crippen LogP) is 9.19. The summed E-state index contributed by atoms with van der Waals surface area (Å²) >= 11 is 0. The molecule has 0 N–H and O–H groups in total. The number of rotatable bonds is 4. The molecular formula is C48H43N3Si. The van der Waals surface area contributed by atoms with Gasteiger partial charge < -0.3 is 4.57 Å². The summed E-state index contributed by atoms with van der Waals surface area (Å²) in [5.41, 5.74) is 11.1. The third-order valence-electron chi connectivity index (χ3n) is 11.1. The Balaban J connectivity index is 1.38. The molecule has 52 heavy (non-hydrogen) atoms. The zero-order valence-electron chi connectivity index (χ0n) is 30.8. The van der Waals surface area contributed by atoms with Crippen molar-refractivity contribution in [1.29, 1.82) is 0 Å². The molecule has 1 aliphatic rings. The lowest BCUT2D eigenvalue weighted by Gasteiger charge is -2.31. The lowest BCUT2D eigenvalue weighted by atomic mass is 9.83. The van der Waals surface area contributed by atoms with E-state index >= 15 is 0 Å². The van der Waals surface area contributed by atoms with Crippen LogP contribution in [0.25, 0.3) is 49.9 Å². The van der Waals surface area contributed by atoms with Crippen LogP contribution in [0.3, 0.4) is 0 Å². The Bertz CT molecular complexity index is 2580. The van der Waals surface area contributed by atoms with E-state index in [0.717, 1.165) is 16.9 Å². The second-order valence-corrected chi connectivity index (χ2v) is 20.0. The van der Waals surface area contributed by atoms with Crippen LogP contribution in [0.15, 0.2) is 152 Å². The summed E-state index contributed by atoms with van der Waals surface area (Å²) in [5, 5.41) is 7.84. The van der Waals surface area contributed by atoms with Crippen molar-refractivity contribution in [2.75, 3.05) is 0 Å². The van der Waals surface area contributed by atoms with Gasteiger partial charge in [0, 0.05) is 39.7 Å². The van der Waals surface area contributed by atoms with Crippen molar-refractivity contribution in [3.8, 4) is 28.1 Å². The quantitative estimate of drug-likeness (QED) is 0.173. The third kappa shape index (κ3) is 4.92. The van der Waals surface area contributed by atoms with Crippen molar-refractivity contribution in [3.05, 3.63) is 163 Å². The summed E-state index contributed by atoms with van der Waals surface area (Å²) in [5.74, 6) is 0. The van der Waals surface area contributed by atoms with E-state index in [1.165, 1.54) is 64.9 Å². The highest BCUT2D eigenvalue weighted by molar-refractivity contribution is 7.21. The van der Waals surface area contributed by atoms with Crippen molar-refractivity contribution < 1.29 is 0 Å². The maximum absolute atomic E-state index is 5.25. The highest BCUT2D eigenvalue weighted by Crippen LogP contribution is 2.37. The van der Waals surface area contributed by atoms with E-state index < -0.39 is 8.07 Å². The van der Waals surface area contributed by atoms with Gasteiger partial charge in [-0.1, -0.05) is 133 Å². The van der Waals surface area contributed by atoms with E-state index in [-0.39, 0.29) is 10.8 Å². The summed E-state index contributed by atoms with van der Waals surface area (Å²) in [7, 11) is -2.88. The van der Waals surface area contributed by atoms with E-state index in [1.54, 1.807) is 0 Å². The molecule has 5 aromatic carbocycles. The number of hydrogen-bond donors (Lipinski definition) is 0. The number of aromatic nitrogens is 3. The topological polar surface area (TPSA) is 30.7 Å². The SMILES string of the molecule is CC(C)(C)c1ccc2c(c1)-c1cc(C(C)(C)C)ccc1[Si]2(c1ccc2c3ccccc3n(-c3cccc(-c4ccccn4)c3)c2c1)c1ccccn1. The van der Waals surface area contributed by atoms with E-state index in [4.69, 9.17) is 4.98 Å². The number of hydrogen-bond acceptors (Lipinski definition) is 2. The first-order valence-corrected chi connectivity index (χ1v) is 20.3. The number of nitrogens with zero attached hydrogens (tertiary/aromatic N) is 3. The summed E-state index contributed by atoms with van der Waals surface area (Å²) < 4.78 is 2.45. The zero-order chi connectivity index (χ0) is 35.8. The van der Waals surface area contributed by atoms with E-state index in [0.29, 0.717) is 0 Å². The normalized spacial score (nSPS) is 13.7. The minimum Gasteiger partial charge on any atom is -0.309 e. The van der Waals surface area contributed by atoms with Crippen molar-refractivity contribution in [3.63, 3.8) is 0 Å². The van der Waals surface area contributed by atoms with E-state index in [2.05, 4.69) is 178 Å². The molecule has 0 radical (unpaired) electrons. The highest BCUT2D eigenvalue weighted by Gasteiger charge is 2.50. The molecule has 0 saturated carbocycles. The molecule has 0 fully saturated rings. The molecule has 254 valence electrons. The van der Waals surface area contributed by atoms with Crippen molar-refractivity contribution in [2.24, 2.45) is 0 Å². The summed E-state index contributed by atoms with van der Waals surface area (Å²) in [6.45, 7) is 13.9. The van der Waals surface area contributed by atoms with Gasteiger partial charge in [-0.2, -0.15) is 0 Å². The van der Waals surface area contributed by atoms with Gasteiger partial charge in [0.2, 0.25) is 8.07 Å². The fraction of sp³-hybridized carbons (Fsp3) is 0.167. The van der Waals surface area contributed by atoms with Crippen LogP contribution in [0, 0.1) is 0 Å². The first-order chi connectivity index (χ1) is 25.0. The molecule has 3 nitrogen and oxygen atoms in total. The molecule has 0 amide bonds. The molecule has 0 bridgehead atoms. The molecule has 0 spiro atoms. The molecule has 9 rings (SSSR count). The van der Waals surface area contributed by atoms with Crippen LogP contribution >= 0.6 is 0 Å². The van der Waals surface area contributed by atoms with Crippen molar-refractivity contribution in [2.45, 2.75) is 52.4 Å². The van der Waals surface area contributed by atoms with Gasteiger partial charge in [-0.15, -0.1) is 0 Å². The Hall–Kier alpha value is -5.58. The molecule has 0 atom stereocenters. The van der Waals surface area contributed by atoms with Crippen LogP contribution in [0.2, 0.25) is 0 Å². The Kier molecular flexibility index (Phi) is 7.29. The standard InChI is InChI=1S/C48H43N3Si/c1-47(2,3)33-20-24-44-39(29-33)40-30-34(48(4,5)6)21-25-45(40)52(44,46-19-10-12-27-50-46)36-22-23-38-37-16-7-8-18-42(37)51(43(38)31-36)35-15-13-14-32(28-35)41-17-9-11-26-49-41/h7-31H,1-6H3. The van der Waals surface area contributed by atoms with Crippen LogP contribution in [0.4, 0.5) is 0 Å². The smallest absolute Gasteiger partial charge is 0.203 e. The maximum atomic E-state index is 5.25. The van der Waals surface area contributed by atoms with Gasteiger partial charge in [0.15, 0.2) is 0 Å². The number of para-hydroxylation sites is 1. The van der Waals surface area contributed by atoms with Crippen LogP contribution in [-0.2, 0) is 10.8 Å². The summed E-state index contributed by atoms with van der Waals surface area (Å²) in [4.78, 5) is 9.93. The summed E-state index contributed by atoms with van der Waals surface area (Å²) in [6.07, 6.45) is 3.84. The minimum absolute atomic E-state index is 0.0261. The van der Waals surface area contributed by atoms with Crippen LogP contribution in [0.5, 0.6) is 0 Å². The fourth-order valence-corrected chi connectivity index (χ4v) is 13.4. The van der Waals surface area contributed by atoms with Gasteiger partial charge >= 0.3 is 0 Å². The molecule has 4 heteroatoms. The maximum Gasteiger partial charge on any atom is 0.203 e. The second-order valence-electron chi connectivity index (χ2n) is 16.3. The molecule has 1 aliphatic heterocycles. The molecule has 3 aromatic heterocycles. The molecule has 0 aliphatic carbocycles. The largest absolute Gasteiger partial charge is 0.309 e. The van der Waals surface area contributed by atoms with Gasteiger partial charge in [0.1, 0.15) is 0 Å². The zero-order valence-corrected chi connectivity index (χ0v) is 31.8. The Morgan fingerprint density at radius 2 is 1.13 bits per heavy atom. The molecule has 4 heterocycles.